The van der Waals surface area contributed by atoms with Gasteiger partial charge in [0.15, 0.2) is 11.5 Å². The molecule has 6 rings (SSSR count). The first-order chi connectivity index (χ1) is 14.4. The van der Waals surface area contributed by atoms with E-state index in [0.29, 0.717) is 11.8 Å². The molecule has 5 nitrogen and oxygen atoms in total. The fourth-order valence-electron chi connectivity index (χ4n) is 5.83. The zero-order chi connectivity index (χ0) is 20.6. The maximum atomic E-state index is 13.5. The van der Waals surface area contributed by atoms with Crippen LogP contribution >= 0.6 is 0 Å². The Labute approximate surface area is 175 Å². The van der Waals surface area contributed by atoms with E-state index in [1.807, 2.05) is 31.3 Å². The lowest BCUT2D eigenvalue weighted by Crippen LogP contribution is -2.59. The number of nitrogens with zero attached hydrogens (tertiary/aromatic N) is 3. The molecule has 5 heteroatoms. The number of aromatic nitrogens is 1. The second-order valence-corrected chi connectivity index (χ2v) is 9.30. The molecule has 0 saturated carbocycles. The van der Waals surface area contributed by atoms with Gasteiger partial charge in [0.05, 0.1) is 5.69 Å². The van der Waals surface area contributed by atoms with E-state index in [1.165, 1.54) is 11.1 Å². The van der Waals surface area contributed by atoms with Crippen molar-refractivity contribution in [1.29, 1.82) is 0 Å². The standard InChI is InChI=1S/C25H25N3O2/c1-14-22-12-18-11-21-23(30-15(2)27-21)13-19(18)25(14,3)7-9-28(22)24(29)17-4-5-20-16(10-17)6-8-26-20/h4-5,8,10-11,13-14,22H,6-7,9,12H2,1-3H3/t14-,22-,25-/m1/s1. The van der Waals surface area contributed by atoms with Crippen LogP contribution in [0.2, 0.25) is 0 Å². The largest absolute Gasteiger partial charge is 0.441 e. The van der Waals surface area contributed by atoms with Crippen molar-refractivity contribution in [3.05, 3.63) is 58.5 Å². The summed E-state index contributed by atoms with van der Waals surface area (Å²) in [5, 5.41) is 0. The number of likely N-dealkylation sites (tertiary alicyclic amines) is 1. The molecule has 0 N–H and O–H groups in total. The van der Waals surface area contributed by atoms with Crippen molar-refractivity contribution in [2.45, 2.75) is 51.5 Å². The maximum absolute atomic E-state index is 13.5. The number of aryl methyl sites for hydroxylation is 1. The summed E-state index contributed by atoms with van der Waals surface area (Å²) in [4.78, 5) is 24.6. The van der Waals surface area contributed by atoms with Gasteiger partial charge in [-0.15, -0.1) is 0 Å². The van der Waals surface area contributed by atoms with Gasteiger partial charge < -0.3 is 9.32 Å². The lowest BCUT2D eigenvalue weighted by atomic mass is 9.59. The summed E-state index contributed by atoms with van der Waals surface area (Å²) in [5.74, 6) is 1.22. The van der Waals surface area contributed by atoms with Crippen LogP contribution in [0.15, 0.2) is 39.7 Å². The van der Waals surface area contributed by atoms with Crippen molar-refractivity contribution in [2.24, 2.45) is 10.9 Å². The van der Waals surface area contributed by atoms with E-state index in [0.717, 1.165) is 53.7 Å². The van der Waals surface area contributed by atoms with E-state index in [1.54, 1.807) is 0 Å². The number of fused-ring (bicyclic) bond motifs is 6. The summed E-state index contributed by atoms with van der Waals surface area (Å²) < 4.78 is 5.82. The van der Waals surface area contributed by atoms with Crippen molar-refractivity contribution < 1.29 is 9.21 Å². The Morgan fingerprint density at radius 1 is 1.23 bits per heavy atom. The van der Waals surface area contributed by atoms with Crippen LogP contribution in [0.4, 0.5) is 5.69 Å². The third-order valence-corrected chi connectivity index (χ3v) is 7.75. The number of benzene rings is 2. The number of amides is 1. The number of piperidine rings is 1. The predicted octanol–water partition coefficient (Wildman–Crippen LogP) is 4.76. The van der Waals surface area contributed by atoms with Gasteiger partial charge in [-0.05, 0) is 71.2 Å². The molecule has 30 heavy (non-hydrogen) atoms. The van der Waals surface area contributed by atoms with Gasteiger partial charge in [-0.1, -0.05) is 13.8 Å². The first-order valence-corrected chi connectivity index (χ1v) is 10.8. The molecule has 1 aliphatic carbocycles. The molecule has 3 aromatic rings. The van der Waals surface area contributed by atoms with Crippen molar-refractivity contribution in [2.75, 3.05) is 6.54 Å². The topological polar surface area (TPSA) is 58.7 Å². The molecule has 0 radical (unpaired) electrons. The molecule has 3 aliphatic rings. The van der Waals surface area contributed by atoms with Gasteiger partial charge in [0, 0.05) is 37.7 Å². The van der Waals surface area contributed by atoms with E-state index in [-0.39, 0.29) is 17.4 Å². The zero-order valence-corrected chi connectivity index (χ0v) is 17.6. The number of carbonyl (C=O) groups is 1. The van der Waals surface area contributed by atoms with Gasteiger partial charge in [-0.2, -0.15) is 0 Å². The second-order valence-electron chi connectivity index (χ2n) is 9.30. The Balaban J connectivity index is 1.39. The molecule has 152 valence electrons. The third-order valence-electron chi connectivity index (χ3n) is 7.75. The lowest BCUT2D eigenvalue weighted by Gasteiger charge is -2.54. The van der Waals surface area contributed by atoms with Crippen molar-refractivity contribution in [1.82, 2.24) is 9.88 Å². The molecule has 0 spiro atoms. The zero-order valence-electron chi connectivity index (χ0n) is 17.6. The van der Waals surface area contributed by atoms with E-state index >= 15 is 0 Å². The minimum Gasteiger partial charge on any atom is -0.441 e. The molecule has 3 atom stereocenters. The average molecular weight is 399 g/mol. The molecule has 2 aliphatic heterocycles. The Morgan fingerprint density at radius 2 is 2.10 bits per heavy atom. The third kappa shape index (κ3) is 2.38. The van der Waals surface area contributed by atoms with Gasteiger partial charge in [-0.3, -0.25) is 9.79 Å². The molecule has 1 fully saturated rings. The van der Waals surface area contributed by atoms with Gasteiger partial charge >= 0.3 is 0 Å². The van der Waals surface area contributed by atoms with Crippen molar-refractivity contribution in [3.8, 4) is 0 Å². The van der Waals surface area contributed by atoms with Crippen LogP contribution in [0.3, 0.4) is 0 Å². The molecule has 2 aromatic carbocycles. The second kappa shape index (κ2) is 6.03. The minimum atomic E-state index is 0.0374. The highest BCUT2D eigenvalue weighted by Crippen LogP contribution is 2.49. The van der Waals surface area contributed by atoms with E-state index in [9.17, 15) is 4.79 Å². The predicted molar refractivity (Wildman–Crippen MR) is 117 cm³/mol. The first-order valence-electron chi connectivity index (χ1n) is 10.8. The summed E-state index contributed by atoms with van der Waals surface area (Å²) >= 11 is 0. The van der Waals surface area contributed by atoms with Crippen LogP contribution in [0.1, 0.15) is 53.2 Å². The fraction of sp³-hybridized carbons (Fsp3) is 0.400. The number of oxazole rings is 1. The van der Waals surface area contributed by atoms with Crippen LogP contribution in [0.25, 0.3) is 11.1 Å². The summed E-state index contributed by atoms with van der Waals surface area (Å²) in [6.45, 7) is 7.33. The number of hydrogen-bond acceptors (Lipinski definition) is 4. The quantitative estimate of drug-likeness (QED) is 0.593. The molecular formula is C25H25N3O2. The van der Waals surface area contributed by atoms with Gasteiger partial charge in [0.2, 0.25) is 0 Å². The highest BCUT2D eigenvalue weighted by atomic mass is 16.3. The van der Waals surface area contributed by atoms with Crippen LogP contribution < -0.4 is 0 Å². The molecular weight excluding hydrogens is 374 g/mol. The Bertz CT molecular complexity index is 1240. The van der Waals surface area contributed by atoms with E-state index in [4.69, 9.17) is 4.42 Å². The number of hydrogen-bond donors (Lipinski definition) is 0. The normalized spacial score (nSPS) is 26.7. The molecule has 3 heterocycles. The summed E-state index contributed by atoms with van der Waals surface area (Å²) in [5.41, 5.74) is 7.42. The summed E-state index contributed by atoms with van der Waals surface area (Å²) in [7, 11) is 0. The number of carbonyl (C=O) groups excluding carboxylic acids is 1. The SMILES string of the molecule is Cc1nc2cc3c(cc2o1)[C@]1(C)CCN(C(=O)c2ccc4c(c2)CC=N4)[C@H](C3)[C@H]1C. The highest BCUT2D eigenvalue weighted by Gasteiger charge is 2.50. The fourth-order valence-corrected chi connectivity index (χ4v) is 5.83. The van der Waals surface area contributed by atoms with E-state index < -0.39 is 0 Å². The lowest BCUT2D eigenvalue weighted by molar-refractivity contribution is 0.0251. The Hall–Kier alpha value is -2.95. The van der Waals surface area contributed by atoms with Crippen molar-refractivity contribution in [3.63, 3.8) is 0 Å². The Kier molecular flexibility index (Phi) is 3.59. The maximum Gasteiger partial charge on any atom is 0.254 e. The number of rotatable bonds is 1. The van der Waals surface area contributed by atoms with Crippen LogP contribution in [-0.2, 0) is 18.3 Å². The van der Waals surface area contributed by atoms with Gasteiger partial charge in [-0.25, -0.2) is 4.98 Å². The number of aliphatic imine (C=N–C) groups is 1. The Morgan fingerprint density at radius 3 is 2.97 bits per heavy atom. The summed E-state index contributed by atoms with van der Waals surface area (Å²) in [6, 6.07) is 10.5. The first kappa shape index (κ1) is 17.9. The van der Waals surface area contributed by atoms with Gasteiger partial charge in [0.25, 0.3) is 5.91 Å². The summed E-state index contributed by atoms with van der Waals surface area (Å²) in [6.07, 6.45) is 4.55. The van der Waals surface area contributed by atoms with Crippen LogP contribution in [0.5, 0.6) is 0 Å². The van der Waals surface area contributed by atoms with Crippen LogP contribution in [0, 0.1) is 12.8 Å². The van der Waals surface area contributed by atoms with Crippen molar-refractivity contribution >= 4 is 28.9 Å². The molecule has 0 unspecified atom stereocenters. The minimum absolute atomic E-state index is 0.0374. The van der Waals surface area contributed by atoms with E-state index in [2.05, 4.69) is 40.9 Å². The van der Waals surface area contributed by atoms with Gasteiger partial charge in [0.1, 0.15) is 5.52 Å². The highest BCUT2D eigenvalue weighted by molar-refractivity contribution is 5.96. The average Bonchev–Trinajstić information content (AvgIpc) is 3.33. The molecule has 1 aromatic heterocycles. The molecule has 2 bridgehead atoms. The monoisotopic (exact) mass is 399 g/mol. The van der Waals surface area contributed by atoms with Crippen LogP contribution in [-0.4, -0.2) is 34.6 Å². The smallest absolute Gasteiger partial charge is 0.254 e. The molecule has 1 amide bonds. The molecule has 1 saturated heterocycles.